The predicted octanol–water partition coefficient (Wildman–Crippen LogP) is 1.81. The van der Waals surface area contributed by atoms with Crippen LogP contribution in [0.15, 0.2) is 12.1 Å². The number of aryl methyl sites for hydroxylation is 2. The first kappa shape index (κ1) is 13.9. The van der Waals surface area contributed by atoms with Crippen molar-refractivity contribution in [2.75, 3.05) is 18.0 Å². The molecular formula is C16H22N4O. The first-order chi connectivity index (χ1) is 9.99. The van der Waals surface area contributed by atoms with E-state index in [2.05, 4.69) is 16.8 Å². The van der Waals surface area contributed by atoms with E-state index in [0.717, 1.165) is 48.2 Å². The van der Waals surface area contributed by atoms with Gasteiger partial charge in [0.05, 0.1) is 11.1 Å². The lowest BCUT2D eigenvalue weighted by atomic mass is 10.0. The van der Waals surface area contributed by atoms with Gasteiger partial charge in [-0.15, -0.1) is 0 Å². The van der Waals surface area contributed by atoms with E-state index in [1.807, 2.05) is 19.1 Å². The normalized spacial score (nSPS) is 19.2. The van der Waals surface area contributed by atoms with Crippen LogP contribution in [0.3, 0.4) is 0 Å². The maximum absolute atomic E-state index is 11.6. The van der Waals surface area contributed by atoms with Crippen LogP contribution >= 0.6 is 0 Å². The van der Waals surface area contributed by atoms with Gasteiger partial charge in [-0.2, -0.15) is 0 Å². The van der Waals surface area contributed by atoms with E-state index in [9.17, 15) is 4.79 Å². The summed E-state index contributed by atoms with van der Waals surface area (Å²) in [7, 11) is 0. The third-order valence-electron chi connectivity index (χ3n) is 4.50. The molecule has 1 aromatic carbocycles. The second kappa shape index (κ2) is 5.07. The van der Waals surface area contributed by atoms with Gasteiger partial charge in [0.25, 0.3) is 5.91 Å². The summed E-state index contributed by atoms with van der Waals surface area (Å²) >= 11 is 0. The molecule has 1 aromatic heterocycles. The lowest BCUT2D eigenvalue weighted by molar-refractivity contribution is 0.100. The molecule has 0 radical (unpaired) electrons. The number of benzene rings is 1. The maximum Gasteiger partial charge on any atom is 0.250 e. The molecule has 1 aliphatic heterocycles. The zero-order valence-electron chi connectivity index (χ0n) is 12.6. The molecule has 0 spiro atoms. The van der Waals surface area contributed by atoms with Crippen LogP contribution < -0.4 is 16.4 Å². The second-order valence-corrected chi connectivity index (χ2v) is 5.97. The highest BCUT2D eigenvalue weighted by Crippen LogP contribution is 2.34. The van der Waals surface area contributed by atoms with Crippen LogP contribution in [0.4, 0.5) is 5.69 Å². The first-order valence-electron chi connectivity index (χ1n) is 7.41. The van der Waals surface area contributed by atoms with Gasteiger partial charge in [0, 0.05) is 35.9 Å². The van der Waals surface area contributed by atoms with Gasteiger partial charge in [-0.3, -0.25) is 4.79 Å². The predicted molar refractivity (Wildman–Crippen MR) is 85.7 cm³/mol. The summed E-state index contributed by atoms with van der Waals surface area (Å²) in [6, 6.07) is 4.03. The Labute approximate surface area is 124 Å². The van der Waals surface area contributed by atoms with Crippen molar-refractivity contribution < 1.29 is 4.79 Å². The minimum atomic E-state index is -0.400. The van der Waals surface area contributed by atoms with Gasteiger partial charge in [0.2, 0.25) is 0 Å². The van der Waals surface area contributed by atoms with E-state index in [-0.39, 0.29) is 6.04 Å². The fourth-order valence-electron chi connectivity index (χ4n) is 3.27. The molecule has 0 unspecified atom stereocenters. The third-order valence-corrected chi connectivity index (χ3v) is 4.50. The molecule has 0 bridgehead atoms. The molecule has 112 valence electrons. The minimum Gasteiger partial charge on any atom is -0.369 e. The summed E-state index contributed by atoms with van der Waals surface area (Å²) in [6.07, 6.45) is 2.17. The van der Waals surface area contributed by atoms with Crippen molar-refractivity contribution in [3.05, 3.63) is 29.0 Å². The van der Waals surface area contributed by atoms with Gasteiger partial charge < -0.3 is 21.4 Å². The average Bonchev–Trinajstić information content (AvgIpc) is 2.74. The monoisotopic (exact) mass is 286 g/mol. The summed E-state index contributed by atoms with van der Waals surface area (Å²) in [5.41, 5.74) is 16.4. The molecule has 21 heavy (non-hydrogen) atoms. The Morgan fingerprint density at radius 3 is 2.81 bits per heavy atom. The number of aromatic nitrogens is 1. The van der Waals surface area contributed by atoms with Crippen LogP contribution in [-0.2, 0) is 0 Å². The molecule has 1 amide bonds. The third kappa shape index (κ3) is 2.27. The molecule has 5 heteroatoms. The number of anilines is 1. The van der Waals surface area contributed by atoms with Crippen molar-refractivity contribution >= 4 is 22.5 Å². The van der Waals surface area contributed by atoms with E-state index in [1.54, 1.807) is 0 Å². The van der Waals surface area contributed by atoms with Gasteiger partial charge in [-0.05, 0) is 44.4 Å². The van der Waals surface area contributed by atoms with Crippen molar-refractivity contribution in [1.82, 2.24) is 4.98 Å². The molecule has 0 saturated carbocycles. The Balaban J connectivity index is 2.19. The number of carbonyl (C=O) groups is 1. The van der Waals surface area contributed by atoms with Crippen LogP contribution in [-0.4, -0.2) is 30.0 Å². The second-order valence-electron chi connectivity index (χ2n) is 5.97. The molecule has 2 aromatic rings. The highest BCUT2D eigenvalue weighted by atomic mass is 16.1. The largest absolute Gasteiger partial charge is 0.369 e. The van der Waals surface area contributed by atoms with Crippen molar-refractivity contribution in [2.45, 2.75) is 32.7 Å². The first-order valence-corrected chi connectivity index (χ1v) is 7.41. The summed E-state index contributed by atoms with van der Waals surface area (Å²) in [5.74, 6) is -0.400. The van der Waals surface area contributed by atoms with Crippen LogP contribution in [0, 0.1) is 13.8 Å². The van der Waals surface area contributed by atoms with Crippen LogP contribution in [0.25, 0.3) is 10.9 Å². The highest BCUT2D eigenvalue weighted by Gasteiger charge is 2.22. The zero-order valence-corrected chi connectivity index (χ0v) is 12.6. The number of H-pyrrole nitrogens is 1. The van der Waals surface area contributed by atoms with E-state index in [4.69, 9.17) is 11.5 Å². The molecule has 1 saturated heterocycles. The average molecular weight is 286 g/mol. The van der Waals surface area contributed by atoms with Gasteiger partial charge in [-0.1, -0.05) is 0 Å². The van der Waals surface area contributed by atoms with Gasteiger partial charge in [-0.25, -0.2) is 0 Å². The number of nitrogens with two attached hydrogens (primary N) is 2. The molecule has 1 atom stereocenters. The number of aromatic amines is 1. The smallest absolute Gasteiger partial charge is 0.250 e. The van der Waals surface area contributed by atoms with Crippen LogP contribution in [0.5, 0.6) is 0 Å². The van der Waals surface area contributed by atoms with Gasteiger partial charge >= 0.3 is 0 Å². The van der Waals surface area contributed by atoms with Gasteiger partial charge in [0.1, 0.15) is 0 Å². The summed E-state index contributed by atoms with van der Waals surface area (Å²) < 4.78 is 0. The number of nitrogens with one attached hydrogen (secondary N) is 1. The number of fused-ring (bicyclic) bond motifs is 1. The summed E-state index contributed by atoms with van der Waals surface area (Å²) in [6.45, 7) is 5.95. The Morgan fingerprint density at radius 1 is 1.38 bits per heavy atom. The van der Waals surface area contributed by atoms with Crippen molar-refractivity contribution in [3.8, 4) is 0 Å². The molecule has 1 aliphatic rings. The number of amides is 1. The Morgan fingerprint density at radius 2 is 2.14 bits per heavy atom. The van der Waals surface area contributed by atoms with Crippen molar-refractivity contribution in [3.63, 3.8) is 0 Å². The Hall–Kier alpha value is -2.01. The van der Waals surface area contributed by atoms with E-state index in [0.29, 0.717) is 5.56 Å². The molecule has 0 aliphatic carbocycles. The molecule has 2 heterocycles. The van der Waals surface area contributed by atoms with E-state index < -0.39 is 5.91 Å². The SMILES string of the molecule is Cc1[nH]c2c(C(N)=O)ccc(N3CCC[C@@H](N)C3)c2c1C. The number of rotatable bonds is 2. The summed E-state index contributed by atoms with van der Waals surface area (Å²) in [4.78, 5) is 17.3. The Kier molecular flexibility index (Phi) is 3.37. The molecule has 5 N–H and O–H groups in total. The minimum absolute atomic E-state index is 0.213. The van der Waals surface area contributed by atoms with E-state index in [1.165, 1.54) is 5.56 Å². The molecule has 3 rings (SSSR count). The standard InChI is InChI=1S/C16H22N4O/c1-9-10(2)19-15-12(16(18)21)5-6-13(14(9)15)20-7-3-4-11(17)8-20/h5-6,11,19H,3-4,7-8,17H2,1-2H3,(H2,18,21)/t11-/m1/s1. The topological polar surface area (TPSA) is 88.1 Å². The number of nitrogens with zero attached hydrogens (tertiary/aromatic N) is 1. The van der Waals surface area contributed by atoms with Crippen LogP contribution in [0.1, 0.15) is 34.5 Å². The maximum atomic E-state index is 11.6. The quantitative estimate of drug-likeness (QED) is 0.786. The Bertz CT molecular complexity index is 704. The van der Waals surface area contributed by atoms with E-state index >= 15 is 0 Å². The number of primary amides is 1. The highest BCUT2D eigenvalue weighted by molar-refractivity contribution is 6.10. The number of piperidine rings is 1. The van der Waals surface area contributed by atoms with Crippen molar-refractivity contribution in [1.29, 1.82) is 0 Å². The zero-order chi connectivity index (χ0) is 15.1. The number of carbonyl (C=O) groups excluding carboxylic acids is 1. The molecule has 1 fully saturated rings. The molecule has 5 nitrogen and oxygen atoms in total. The van der Waals surface area contributed by atoms with Gasteiger partial charge in [0.15, 0.2) is 0 Å². The molecular weight excluding hydrogens is 264 g/mol. The number of hydrogen-bond acceptors (Lipinski definition) is 3. The lowest BCUT2D eigenvalue weighted by Crippen LogP contribution is -2.42. The summed E-state index contributed by atoms with van der Waals surface area (Å²) in [5, 5.41) is 1.10. The fraction of sp³-hybridized carbons (Fsp3) is 0.438. The van der Waals surface area contributed by atoms with Crippen LogP contribution in [0.2, 0.25) is 0 Å². The van der Waals surface area contributed by atoms with Crippen molar-refractivity contribution in [2.24, 2.45) is 11.5 Å². The lowest BCUT2D eigenvalue weighted by Gasteiger charge is -2.33. The fourth-order valence-corrected chi connectivity index (χ4v) is 3.27. The number of hydrogen-bond donors (Lipinski definition) is 3.